The number of halogens is 1. The minimum atomic E-state index is -5.88. The van der Waals surface area contributed by atoms with Crippen molar-refractivity contribution in [2.75, 3.05) is 5.73 Å². The molecule has 3 unspecified atom stereocenters. The van der Waals surface area contributed by atoms with Gasteiger partial charge in [0.2, 0.25) is 5.60 Å². The van der Waals surface area contributed by atoms with Gasteiger partial charge in [-0.3, -0.25) is 4.52 Å². The molecule has 33 heavy (non-hydrogen) atoms. The number of rotatable bonds is 7. The number of nitrogens with two attached hydrogens (primary N) is 1. The van der Waals surface area contributed by atoms with Crippen molar-refractivity contribution in [3.05, 3.63) is 24.2 Å². The highest BCUT2D eigenvalue weighted by molar-refractivity contribution is 7.66. The van der Waals surface area contributed by atoms with Gasteiger partial charge in [-0.05, 0) is 12.1 Å². The van der Waals surface area contributed by atoms with Gasteiger partial charge in [0, 0.05) is 0 Å². The highest BCUT2D eigenvalue weighted by Gasteiger charge is 2.91. The summed E-state index contributed by atoms with van der Waals surface area (Å²) in [6, 6.07) is 4.17. The second kappa shape index (κ2) is 7.33. The molecule has 7 atom stereocenters. The number of alkyl halides is 1. The molecule has 2 aromatic rings. The van der Waals surface area contributed by atoms with Crippen molar-refractivity contribution in [2.45, 2.75) is 29.6 Å². The van der Waals surface area contributed by atoms with E-state index >= 15 is 4.39 Å². The van der Waals surface area contributed by atoms with Gasteiger partial charge in [0.25, 0.3) is 0 Å². The summed E-state index contributed by atoms with van der Waals surface area (Å²) in [6.45, 7) is 0. The van der Waals surface area contributed by atoms with E-state index in [4.69, 9.17) is 20.3 Å². The Morgan fingerprint density at radius 3 is 2.45 bits per heavy atom. The third kappa shape index (κ3) is 3.82. The number of fused-ring (bicyclic) bond motifs is 2. The fourth-order valence-corrected chi connectivity index (χ4v) is 6.81. The lowest BCUT2D eigenvalue weighted by molar-refractivity contribution is -0.0426. The van der Waals surface area contributed by atoms with Gasteiger partial charge >= 0.3 is 23.5 Å². The average Bonchev–Trinajstić information content (AvgIpc) is 2.94. The summed E-state index contributed by atoms with van der Waals surface area (Å²) < 4.78 is 67.5. The van der Waals surface area contributed by atoms with Gasteiger partial charge in [-0.25, -0.2) is 27.6 Å². The van der Waals surface area contributed by atoms with Crippen LogP contribution < -0.4 is 5.73 Å². The Balaban J connectivity index is 1.58. The molecule has 2 aromatic heterocycles. The molecule has 1 aliphatic carbocycles. The van der Waals surface area contributed by atoms with Crippen LogP contribution in [0.5, 0.6) is 0 Å². The fourth-order valence-electron chi connectivity index (χ4n) is 3.58. The number of hydrogen-bond donors (Lipinski definition) is 6. The Labute approximate surface area is 181 Å². The third-order valence-electron chi connectivity index (χ3n) is 4.90. The van der Waals surface area contributed by atoms with Crippen molar-refractivity contribution in [1.29, 1.82) is 5.26 Å². The van der Waals surface area contributed by atoms with Crippen LogP contribution in [-0.4, -0.2) is 62.8 Å². The molecule has 7 N–H and O–H groups in total. The molecule has 0 amide bonds. The largest absolute Gasteiger partial charge is 0.490 e. The maximum Gasteiger partial charge on any atom is 0.490 e. The number of nitrogens with zero attached hydrogens (tertiary/aromatic N) is 4. The first-order chi connectivity index (χ1) is 15.1. The number of anilines is 1. The summed E-state index contributed by atoms with van der Waals surface area (Å²) in [5, 5.41) is 24.1. The fraction of sp³-hybridized carbons (Fsp3) is 0.417. The van der Waals surface area contributed by atoms with E-state index < -0.39 is 53.0 Å². The van der Waals surface area contributed by atoms with Crippen molar-refractivity contribution in [3.8, 4) is 6.07 Å². The van der Waals surface area contributed by atoms with E-state index in [2.05, 4.69) is 23.2 Å². The van der Waals surface area contributed by atoms with Gasteiger partial charge in [0.05, 0.1) is 5.69 Å². The number of nitrogen functional groups attached to an aromatic ring is 1. The molecular weight excluding hydrogens is 518 g/mol. The summed E-state index contributed by atoms with van der Waals surface area (Å²) in [4.78, 5) is 39.7. The molecule has 2 aliphatic rings. The van der Waals surface area contributed by atoms with Crippen LogP contribution in [0.25, 0.3) is 5.52 Å². The highest BCUT2D eigenvalue weighted by Crippen LogP contribution is 2.72. The second-order valence-corrected chi connectivity index (χ2v) is 11.3. The third-order valence-corrected chi connectivity index (χ3v) is 8.71. The van der Waals surface area contributed by atoms with Gasteiger partial charge in [-0.15, -0.1) is 0 Å². The Morgan fingerprint density at radius 1 is 1.21 bits per heavy atom. The second-order valence-electron chi connectivity index (χ2n) is 6.89. The van der Waals surface area contributed by atoms with Crippen LogP contribution in [0.3, 0.4) is 0 Å². The first-order valence-corrected chi connectivity index (χ1v) is 12.9. The molecule has 17 nitrogen and oxygen atoms in total. The Kier molecular flexibility index (Phi) is 5.40. The number of nitriles is 1. The van der Waals surface area contributed by atoms with E-state index in [1.807, 2.05) is 0 Å². The molecule has 4 rings (SSSR count). The summed E-state index contributed by atoms with van der Waals surface area (Å²) in [6.07, 6.45) is -5.24. The van der Waals surface area contributed by atoms with E-state index in [0.29, 0.717) is 0 Å². The van der Waals surface area contributed by atoms with Crippen molar-refractivity contribution < 1.29 is 60.6 Å². The molecule has 1 aliphatic heterocycles. The summed E-state index contributed by atoms with van der Waals surface area (Å²) in [5.41, 5.74) is 0.538. The van der Waals surface area contributed by atoms with Crippen LogP contribution in [-0.2, 0) is 31.6 Å². The van der Waals surface area contributed by atoms with Crippen LogP contribution in [0.15, 0.2) is 18.5 Å². The number of hydrogen-bond acceptors (Lipinski definition) is 12. The zero-order valence-corrected chi connectivity index (χ0v) is 18.3. The topological polar surface area (TPSA) is 269 Å². The molecule has 1 saturated heterocycles. The molecule has 21 heteroatoms. The van der Waals surface area contributed by atoms with Crippen LogP contribution in [0.1, 0.15) is 11.8 Å². The van der Waals surface area contributed by atoms with E-state index in [-0.39, 0.29) is 17.0 Å². The molecule has 0 aromatic carbocycles. The van der Waals surface area contributed by atoms with Crippen LogP contribution >= 0.6 is 23.5 Å². The highest BCUT2D eigenvalue weighted by atomic mass is 31.3. The minimum absolute atomic E-state index is 0.000987. The Bertz CT molecular complexity index is 1330. The van der Waals surface area contributed by atoms with Crippen molar-refractivity contribution >= 4 is 34.8 Å². The molecule has 0 bridgehead atoms. The molecule has 1 saturated carbocycles. The normalized spacial score (nSPS) is 34.9. The maximum atomic E-state index is 15.3. The van der Waals surface area contributed by atoms with Crippen LogP contribution in [0.4, 0.5) is 10.2 Å². The van der Waals surface area contributed by atoms with E-state index in [1.165, 1.54) is 18.2 Å². The predicted octanol–water partition coefficient (Wildman–Crippen LogP) is -0.560. The van der Waals surface area contributed by atoms with Crippen molar-refractivity contribution in [3.63, 3.8) is 0 Å². The SMILES string of the molecule is N#C[C@]12O[C@@H](c3ccc4c(N)ncnn34)[C@H](F)[C@@]1(O)C2OP(=O)(O)OP(=O)(O)OP(=O)(O)O. The Morgan fingerprint density at radius 2 is 1.88 bits per heavy atom. The van der Waals surface area contributed by atoms with Crippen molar-refractivity contribution in [2.24, 2.45) is 0 Å². The minimum Gasteiger partial charge on any atom is -0.382 e. The van der Waals surface area contributed by atoms with Gasteiger partial charge < -0.3 is 35.2 Å². The summed E-state index contributed by atoms with van der Waals surface area (Å²) >= 11 is 0. The molecule has 0 radical (unpaired) electrons. The number of aromatic nitrogens is 3. The molecule has 2 fully saturated rings. The maximum absolute atomic E-state index is 15.3. The number of aliphatic hydroxyl groups is 1. The standard InChI is InChI=1S/C12H13FN5O12P3/c13-8-7(5-1-2-6-9(15)16-4-17-18(5)6)27-11(3-14)10(12(8,11)19)28-32(23,24)30-33(25,26)29-31(20,21)22/h1-2,4,7-8,10,19H,(H,23,24)(H,25,26)(H2,15,16,17)(H2,20,21,22)/t7-,8-,10?,11+,12+/m0/s1. The van der Waals surface area contributed by atoms with Gasteiger partial charge in [-0.2, -0.15) is 19.0 Å². The lowest BCUT2D eigenvalue weighted by Gasteiger charge is -2.22. The zero-order valence-electron chi connectivity index (χ0n) is 15.6. The monoisotopic (exact) mass is 531 g/mol. The number of phosphoric acid groups is 3. The quantitative estimate of drug-likeness (QED) is 0.244. The Hall–Kier alpha value is -1.83. The lowest BCUT2D eigenvalue weighted by atomic mass is 10.1. The smallest absolute Gasteiger partial charge is 0.382 e. The molecule has 0 spiro atoms. The molecular formula is C12H13FN5O12P3. The van der Waals surface area contributed by atoms with Crippen LogP contribution in [0.2, 0.25) is 0 Å². The first-order valence-electron chi connectivity index (χ1n) is 8.43. The van der Waals surface area contributed by atoms with E-state index in [1.54, 1.807) is 0 Å². The van der Waals surface area contributed by atoms with Gasteiger partial charge in [-0.1, -0.05) is 0 Å². The van der Waals surface area contributed by atoms with E-state index in [0.717, 1.165) is 10.8 Å². The van der Waals surface area contributed by atoms with Gasteiger partial charge in [0.1, 0.15) is 24.0 Å². The first kappa shape index (κ1) is 24.3. The predicted molar refractivity (Wildman–Crippen MR) is 98.2 cm³/mol. The average molecular weight is 531 g/mol. The van der Waals surface area contributed by atoms with Crippen LogP contribution in [0, 0.1) is 11.3 Å². The van der Waals surface area contributed by atoms with Gasteiger partial charge in [0.15, 0.2) is 23.7 Å². The molecule has 3 heterocycles. The summed E-state index contributed by atoms with van der Waals surface area (Å²) in [7, 11) is -17.3. The van der Waals surface area contributed by atoms with E-state index in [9.17, 15) is 33.9 Å². The molecule has 180 valence electrons. The lowest BCUT2D eigenvalue weighted by Crippen LogP contribution is -2.32. The summed E-state index contributed by atoms with van der Waals surface area (Å²) in [5.74, 6) is 0.0362. The zero-order chi connectivity index (χ0) is 24.6. The number of phosphoric ester groups is 1. The number of ether oxygens (including phenoxy) is 1. The van der Waals surface area contributed by atoms with Crippen molar-refractivity contribution in [1.82, 2.24) is 14.6 Å².